The molecule has 32 heavy (non-hydrogen) atoms. The highest BCUT2D eigenvalue weighted by Crippen LogP contribution is 2.26. The predicted molar refractivity (Wildman–Crippen MR) is 114 cm³/mol. The number of carboxylic acid groups (broad SMARTS) is 1. The van der Waals surface area contributed by atoms with Crippen molar-refractivity contribution in [1.82, 2.24) is 10.3 Å². The molecule has 1 aromatic carbocycles. The predicted octanol–water partition coefficient (Wildman–Crippen LogP) is 3.92. The molecule has 0 spiro atoms. The maximum Gasteiger partial charge on any atom is 0.490 e. The smallest absolute Gasteiger partial charge is 0.475 e. The van der Waals surface area contributed by atoms with Crippen LogP contribution in [-0.2, 0) is 9.59 Å². The Bertz CT molecular complexity index is 893. The van der Waals surface area contributed by atoms with Gasteiger partial charge >= 0.3 is 12.1 Å². The van der Waals surface area contributed by atoms with Gasteiger partial charge in [0.05, 0.1) is 16.3 Å². The molecule has 1 amide bonds. The molecule has 1 fully saturated rings. The number of fused-ring (bicyclic) bond motifs is 1. The highest BCUT2D eigenvalue weighted by atomic mass is 32.1. The quantitative estimate of drug-likeness (QED) is 0.395. The Hall–Kier alpha value is -2.53. The van der Waals surface area contributed by atoms with Crippen LogP contribution >= 0.6 is 11.3 Å². The zero-order valence-electron chi connectivity index (χ0n) is 17.4. The van der Waals surface area contributed by atoms with Crippen LogP contribution in [0.3, 0.4) is 0 Å². The van der Waals surface area contributed by atoms with Gasteiger partial charge in [0.2, 0.25) is 11.7 Å². The Labute approximate surface area is 187 Å². The summed E-state index contributed by atoms with van der Waals surface area (Å²) >= 11 is 1.40. The van der Waals surface area contributed by atoms with Crippen molar-refractivity contribution in [1.29, 1.82) is 0 Å². The standard InChI is InChI=1S/C19H25N3O2S.C2HF3O2/c20-12-6-5-10-15(21-18(24)13-7-1-2-8-13)17(23)19-22-14-9-3-4-11-16(14)25-19;3-2(4,5)1(6)7/h3-4,9,11,13,15H,1-2,5-8,10,12,20H2,(H,21,24);(H,6,7)/t15-;/m0./s1. The van der Waals surface area contributed by atoms with Crippen molar-refractivity contribution >= 4 is 39.2 Å². The van der Waals surface area contributed by atoms with E-state index < -0.39 is 18.2 Å². The molecule has 11 heteroatoms. The highest BCUT2D eigenvalue weighted by Gasteiger charge is 2.38. The summed E-state index contributed by atoms with van der Waals surface area (Å²) in [5.41, 5.74) is 6.40. The summed E-state index contributed by atoms with van der Waals surface area (Å²) in [4.78, 5) is 38.8. The summed E-state index contributed by atoms with van der Waals surface area (Å²) in [6.45, 7) is 0.596. The van der Waals surface area contributed by atoms with Crippen LogP contribution in [-0.4, -0.2) is 46.5 Å². The number of unbranched alkanes of at least 4 members (excludes halogenated alkanes) is 1. The van der Waals surface area contributed by atoms with E-state index in [0.29, 0.717) is 18.0 Å². The number of carbonyl (C=O) groups excluding carboxylic acids is 2. The molecular formula is C21H26F3N3O4S. The number of Topliss-reactive ketones (excluding diaryl/α,β-unsaturated/α-hetero) is 1. The van der Waals surface area contributed by atoms with Gasteiger partial charge in [-0.25, -0.2) is 9.78 Å². The summed E-state index contributed by atoms with van der Waals surface area (Å²) in [5.74, 6) is -2.76. The minimum atomic E-state index is -5.08. The molecule has 1 aliphatic rings. The lowest BCUT2D eigenvalue weighted by Crippen LogP contribution is -2.43. The third-order valence-corrected chi connectivity index (χ3v) is 6.10. The van der Waals surface area contributed by atoms with Crippen LogP contribution in [0.1, 0.15) is 54.7 Å². The fraction of sp³-hybridized carbons (Fsp3) is 0.524. The fourth-order valence-electron chi connectivity index (χ4n) is 3.37. The van der Waals surface area contributed by atoms with Crippen LogP contribution in [0.5, 0.6) is 0 Å². The second-order valence-electron chi connectivity index (χ2n) is 7.48. The second-order valence-corrected chi connectivity index (χ2v) is 8.51. The number of alkyl halides is 3. The minimum Gasteiger partial charge on any atom is -0.475 e. The lowest BCUT2D eigenvalue weighted by molar-refractivity contribution is -0.192. The summed E-state index contributed by atoms with van der Waals surface area (Å²) in [6.07, 6.45) is 1.26. The van der Waals surface area contributed by atoms with Crippen molar-refractivity contribution in [2.45, 2.75) is 57.2 Å². The van der Waals surface area contributed by atoms with Gasteiger partial charge in [0.15, 0.2) is 5.01 Å². The number of thiazole rings is 1. The van der Waals surface area contributed by atoms with Gasteiger partial charge in [0.25, 0.3) is 0 Å². The van der Waals surface area contributed by atoms with Crippen LogP contribution < -0.4 is 11.1 Å². The third kappa shape index (κ3) is 7.56. The monoisotopic (exact) mass is 473 g/mol. The molecule has 3 rings (SSSR count). The molecule has 2 aromatic rings. The van der Waals surface area contributed by atoms with Gasteiger partial charge in [-0.3, -0.25) is 9.59 Å². The van der Waals surface area contributed by atoms with Gasteiger partial charge in [0, 0.05) is 5.92 Å². The van der Waals surface area contributed by atoms with E-state index in [1.165, 1.54) is 11.3 Å². The van der Waals surface area contributed by atoms with Gasteiger partial charge in [-0.2, -0.15) is 13.2 Å². The molecule has 0 saturated heterocycles. The number of hydrogen-bond donors (Lipinski definition) is 3. The van der Waals surface area contributed by atoms with Crippen molar-refractivity contribution in [2.24, 2.45) is 11.7 Å². The molecule has 1 atom stereocenters. The number of para-hydroxylation sites is 1. The molecule has 1 aromatic heterocycles. The number of aliphatic carboxylic acids is 1. The molecule has 7 nitrogen and oxygen atoms in total. The number of aromatic nitrogens is 1. The van der Waals surface area contributed by atoms with Gasteiger partial charge in [-0.1, -0.05) is 25.0 Å². The topological polar surface area (TPSA) is 122 Å². The number of rotatable bonds is 8. The Morgan fingerprint density at radius 3 is 2.38 bits per heavy atom. The van der Waals surface area contributed by atoms with E-state index >= 15 is 0 Å². The lowest BCUT2D eigenvalue weighted by atomic mass is 10.0. The number of benzene rings is 1. The average Bonchev–Trinajstić information content (AvgIpc) is 3.42. The van der Waals surface area contributed by atoms with Gasteiger partial charge in [-0.05, 0) is 50.8 Å². The number of ketones is 1. The number of halogens is 3. The van der Waals surface area contributed by atoms with E-state index in [4.69, 9.17) is 15.6 Å². The molecule has 176 valence electrons. The molecule has 0 aliphatic heterocycles. The van der Waals surface area contributed by atoms with Gasteiger partial charge in [0.1, 0.15) is 0 Å². The first-order chi connectivity index (χ1) is 15.1. The minimum absolute atomic E-state index is 0.0182. The van der Waals surface area contributed by atoms with E-state index in [1.807, 2.05) is 24.3 Å². The maximum atomic E-state index is 13.0. The second kappa shape index (κ2) is 11.9. The molecule has 0 radical (unpaired) electrons. The number of hydrogen-bond acceptors (Lipinski definition) is 6. The van der Waals surface area contributed by atoms with Gasteiger partial charge < -0.3 is 16.2 Å². The molecule has 0 bridgehead atoms. The number of nitrogens with two attached hydrogens (primary N) is 1. The van der Waals surface area contributed by atoms with Crippen LogP contribution in [0.15, 0.2) is 24.3 Å². The van der Waals surface area contributed by atoms with E-state index in [0.717, 1.165) is 48.7 Å². The Balaban J connectivity index is 0.000000451. The van der Waals surface area contributed by atoms with E-state index in [1.54, 1.807) is 0 Å². The largest absolute Gasteiger partial charge is 0.490 e. The molecule has 0 unspecified atom stereocenters. The summed E-state index contributed by atoms with van der Waals surface area (Å²) in [7, 11) is 0. The van der Waals surface area contributed by atoms with Crippen molar-refractivity contribution in [3.8, 4) is 0 Å². The van der Waals surface area contributed by atoms with E-state index in [2.05, 4.69) is 10.3 Å². The number of amides is 1. The Kier molecular flexibility index (Phi) is 9.58. The molecule has 1 heterocycles. The number of nitrogens with zero attached hydrogens (tertiary/aromatic N) is 1. The van der Waals surface area contributed by atoms with Gasteiger partial charge in [-0.15, -0.1) is 11.3 Å². The SMILES string of the molecule is NCCCC[C@H](NC(=O)C1CCCC1)C(=O)c1nc2ccccc2s1.O=C(O)C(F)(F)F. The Morgan fingerprint density at radius 2 is 1.81 bits per heavy atom. The normalized spacial score (nSPS) is 15.1. The Morgan fingerprint density at radius 1 is 1.19 bits per heavy atom. The number of carboxylic acids is 1. The first kappa shape index (κ1) is 25.7. The molecule has 1 aliphatic carbocycles. The average molecular weight is 474 g/mol. The third-order valence-electron chi connectivity index (χ3n) is 5.05. The van der Waals surface area contributed by atoms with Crippen LogP contribution in [0.4, 0.5) is 13.2 Å². The zero-order chi connectivity index (χ0) is 23.7. The molecule has 4 N–H and O–H groups in total. The van der Waals surface area contributed by atoms with Crippen molar-refractivity contribution in [3.63, 3.8) is 0 Å². The first-order valence-electron chi connectivity index (χ1n) is 10.3. The van der Waals surface area contributed by atoms with Crippen molar-refractivity contribution in [3.05, 3.63) is 29.3 Å². The zero-order valence-corrected chi connectivity index (χ0v) is 18.2. The fourth-order valence-corrected chi connectivity index (χ4v) is 4.33. The van der Waals surface area contributed by atoms with Crippen LogP contribution in [0.25, 0.3) is 10.2 Å². The van der Waals surface area contributed by atoms with Crippen LogP contribution in [0, 0.1) is 5.92 Å². The number of nitrogens with one attached hydrogen (secondary N) is 1. The molecule has 1 saturated carbocycles. The lowest BCUT2D eigenvalue weighted by Gasteiger charge is -2.19. The number of carbonyl (C=O) groups is 3. The van der Waals surface area contributed by atoms with E-state index in [9.17, 15) is 22.8 Å². The van der Waals surface area contributed by atoms with Crippen LogP contribution in [0.2, 0.25) is 0 Å². The first-order valence-corrected chi connectivity index (χ1v) is 11.2. The summed E-state index contributed by atoms with van der Waals surface area (Å²) in [6, 6.07) is 7.22. The summed E-state index contributed by atoms with van der Waals surface area (Å²) in [5, 5.41) is 10.6. The molecular weight excluding hydrogens is 447 g/mol. The summed E-state index contributed by atoms with van der Waals surface area (Å²) < 4.78 is 32.7. The van der Waals surface area contributed by atoms with Crippen molar-refractivity contribution < 1.29 is 32.7 Å². The van der Waals surface area contributed by atoms with Crippen molar-refractivity contribution in [2.75, 3.05) is 6.54 Å². The maximum absolute atomic E-state index is 13.0. The van der Waals surface area contributed by atoms with E-state index in [-0.39, 0.29) is 17.6 Å². The highest BCUT2D eigenvalue weighted by molar-refractivity contribution is 7.20.